The number of carboxylic acid groups (broad SMARTS) is 1. The van der Waals surface area contributed by atoms with Crippen LogP contribution in [0.15, 0.2) is 29.2 Å². The maximum absolute atomic E-state index is 11.9. The lowest BCUT2D eigenvalue weighted by atomic mass is 10.0. The number of hydrogen-bond donors (Lipinski definition) is 2. The Balaban J connectivity index is 3.14. The first kappa shape index (κ1) is 17.5. The van der Waals surface area contributed by atoms with E-state index in [0.717, 1.165) is 0 Å². The van der Waals surface area contributed by atoms with Crippen molar-refractivity contribution >= 4 is 21.7 Å². The first-order chi connectivity index (χ1) is 9.66. The van der Waals surface area contributed by atoms with Gasteiger partial charge >= 0.3 is 5.97 Å². The van der Waals surface area contributed by atoms with Gasteiger partial charge in [0.05, 0.1) is 4.90 Å². The second kappa shape index (κ2) is 6.44. The molecule has 1 aromatic carbocycles. The third-order valence-electron chi connectivity index (χ3n) is 3.31. The molecule has 7 heteroatoms. The number of sulfonamides is 1. The minimum atomic E-state index is -3.50. The van der Waals surface area contributed by atoms with Crippen molar-refractivity contribution in [2.75, 3.05) is 18.0 Å². The molecule has 6 nitrogen and oxygen atoms in total. The lowest BCUT2D eigenvalue weighted by Gasteiger charge is -2.36. The Labute approximate surface area is 125 Å². The molecule has 2 N–H and O–H groups in total. The Hall–Kier alpha value is -1.60. The van der Waals surface area contributed by atoms with Gasteiger partial charge in [-0.2, -0.15) is 0 Å². The van der Waals surface area contributed by atoms with Gasteiger partial charge in [-0.1, -0.05) is 6.92 Å². The summed E-state index contributed by atoms with van der Waals surface area (Å²) in [6.45, 7) is 7.61. The molecule has 0 aromatic heterocycles. The van der Waals surface area contributed by atoms with Gasteiger partial charge in [0.1, 0.15) is 5.54 Å². The summed E-state index contributed by atoms with van der Waals surface area (Å²) in [5.74, 6) is -0.936. The molecule has 1 aromatic rings. The number of anilines is 1. The second-order valence-corrected chi connectivity index (χ2v) is 6.87. The van der Waals surface area contributed by atoms with E-state index in [1.165, 1.54) is 12.1 Å². The van der Waals surface area contributed by atoms with Crippen LogP contribution in [-0.4, -0.2) is 38.1 Å². The highest BCUT2D eigenvalue weighted by molar-refractivity contribution is 7.89. The first-order valence-corrected chi connectivity index (χ1v) is 8.26. The van der Waals surface area contributed by atoms with Crippen LogP contribution in [0.1, 0.15) is 27.7 Å². The van der Waals surface area contributed by atoms with Gasteiger partial charge < -0.3 is 10.0 Å². The van der Waals surface area contributed by atoms with Crippen molar-refractivity contribution in [1.82, 2.24) is 4.72 Å². The molecule has 0 spiro atoms. The number of benzene rings is 1. The number of carboxylic acids is 1. The Morgan fingerprint density at radius 3 is 2.14 bits per heavy atom. The van der Waals surface area contributed by atoms with Gasteiger partial charge in [0.2, 0.25) is 10.0 Å². The first-order valence-electron chi connectivity index (χ1n) is 6.77. The molecule has 0 heterocycles. The summed E-state index contributed by atoms with van der Waals surface area (Å²) in [7, 11) is -3.50. The number of carbonyl (C=O) groups is 1. The summed E-state index contributed by atoms with van der Waals surface area (Å²) in [6, 6.07) is 6.21. The molecule has 0 aliphatic heterocycles. The lowest BCUT2D eigenvalue weighted by molar-refractivity contribution is -0.142. The topological polar surface area (TPSA) is 86.7 Å². The predicted octanol–water partition coefficient (Wildman–Crippen LogP) is 1.67. The summed E-state index contributed by atoms with van der Waals surface area (Å²) in [5.41, 5.74) is -0.406. The van der Waals surface area contributed by atoms with E-state index in [4.69, 9.17) is 0 Å². The molecule has 21 heavy (non-hydrogen) atoms. The molecule has 0 amide bonds. The summed E-state index contributed by atoms with van der Waals surface area (Å²) in [5, 5.41) is 9.31. The van der Waals surface area contributed by atoms with E-state index >= 15 is 0 Å². The molecular formula is C14H22N2O4S. The van der Waals surface area contributed by atoms with Crippen molar-refractivity contribution in [2.45, 2.75) is 38.1 Å². The van der Waals surface area contributed by atoms with E-state index < -0.39 is 21.5 Å². The molecule has 0 saturated heterocycles. The molecule has 1 rings (SSSR count). The summed E-state index contributed by atoms with van der Waals surface area (Å²) in [6.07, 6.45) is 0. The second-order valence-electron chi connectivity index (χ2n) is 5.10. The van der Waals surface area contributed by atoms with E-state index in [-0.39, 0.29) is 4.90 Å². The van der Waals surface area contributed by atoms with E-state index in [1.807, 2.05) is 6.92 Å². The van der Waals surface area contributed by atoms with Crippen LogP contribution in [0.2, 0.25) is 0 Å². The van der Waals surface area contributed by atoms with Crippen LogP contribution in [0.5, 0.6) is 0 Å². The molecule has 0 atom stereocenters. The molecule has 0 unspecified atom stereocenters. The van der Waals surface area contributed by atoms with Crippen molar-refractivity contribution < 1.29 is 18.3 Å². The third-order valence-corrected chi connectivity index (χ3v) is 4.87. The van der Waals surface area contributed by atoms with Gasteiger partial charge in [-0.05, 0) is 45.0 Å². The van der Waals surface area contributed by atoms with E-state index in [1.54, 1.807) is 37.8 Å². The van der Waals surface area contributed by atoms with Crippen LogP contribution in [0.4, 0.5) is 5.69 Å². The standard InChI is InChI=1S/C14H22N2O4S/c1-5-15-21(19,20)12-9-7-11(8-10-12)16(6-2)14(3,4)13(17)18/h7-10,15H,5-6H2,1-4H3,(H,17,18). The van der Waals surface area contributed by atoms with E-state index in [0.29, 0.717) is 18.8 Å². The highest BCUT2D eigenvalue weighted by atomic mass is 32.2. The number of rotatable bonds is 7. The Bertz CT molecular complexity index is 594. The van der Waals surface area contributed by atoms with Crippen LogP contribution in [0.25, 0.3) is 0 Å². The minimum Gasteiger partial charge on any atom is -0.480 e. The molecule has 0 bridgehead atoms. The van der Waals surface area contributed by atoms with Crippen LogP contribution < -0.4 is 9.62 Å². The number of nitrogens with zero attached hydrogens (tertiary/aromatic N) is 1. The molecule has 118 valence electrons. The summed E-state index contributed by atoms with van der Waals surface area (Å²) in [4.78, 5) is 13.2. The number of nitrogens with one attached hydrogen (secondary N) is 1. The quantitative estimate of drug-likeness (QED) is 0.799. The SMILES string of the molecule is CCNS(=O)(=O)c1ccc(N(CC)C(C)(C)C(=O)O)cc1. The molecule has 0 aliphatic rings. The molecule has 0 aliphatic carbocycles. The zero-order valence-electron chi connectivity index (χ0n) is 12.8. The fourth-order valence-electron chi connectivity index (χ4n) is 2.09. The van der Waals surface area contributed by atoms with Crippen LogP contribution in [-0.2, 0) is 14.8 Å². The predicted molar refractivity (Wildman–Crippen MR) is 82.0 cm³/mol. The van der Waals surface area contributed by atoms with Crippen molar-refractivity contribution in [3.05, 3.63) is 24.3 Å². The zero-order chi connectivity index (χ0) is 16.3. The molecule has 0 radical (unpaired) electrons. The summed E-state index contributed by atoms with van der Waals surface area (Å²) >= 11 is 0. The molecular weight excluding hydrogens is 292 g/mol. The van der Waals surface area contributed by atoms with Gasteiger partial charge in [-0.25, -0.2) is 17.9 Å². The van der Waals surface area contributed by atoms with Crippen LogP contribution in [0.3, 0.4) is 0 Å². The van der Waals surface area contributed by atoms with Gasteiger partial charge in [0, 0.05) is 18.8 Å². The molecule has 0 saturated carbocycles. The third kappa shape index (κ3) is 3.74. The van der Waals surface area contributed by atoms with Gasteiger partial charge in [0.25, 0.3) is 0 Å². The maximum atomic E-state index is 11.9. The van der Waals surface area contributed by atoms with Crippen molar-refractivity contribution in [2.24, 2.45) is 0 Å². The van der Waals surface area contributed by atoms with Crippen molar-refractivity contribution in [1.29, 1.82) is 0 Å². The van der Waals surface area contributed by atoms with Crippen molar-refractivity contribution in [3.63, 3.8) is 0 Å². The summed E-state index contributed by atoms with van der Waals surface area (Å²) < 4.78 is 26.2. The smallest absolute Gasteiger partial charge is 0.328 e. The minimum absolute atomic E-state index is 0.164. The Morgan fingerprint density at radius 2 is 1.76 bits per heavy atom. The highest BCUT2D eigenvalue weighted by Crippen LogP contribution is 2.25. The van der Waals surface area contributed by atoms with E-state index in [9.17, 15) is 18.3 Å². The highest BCUT2D eigenvalue weighted by Gasteiger charge is 2.33. The fourth-order valence-corrected chi connectivity index (χ4v) is 3.14. The van der Waals surface area contributed by atoms with Crippen molar-refractivity contribution in [3.8, 4) is 0 Å². The number of hydrogen-bond acceptors (Lipinski definition) is 4. The van der Waals surface area contributed by atoms with Crippen LogP contribution >= 0.6 is 0 Å². The number of aliphatic carboxylic acids is 1. The number of likely N-dealkylation sites (N-methyl/N-ethyl adjacent to an activating group) is 1. The largest absolute Gasteiger partial charge is 0.480 e. The zero-order valence-corrected chi connectivity index (χ0v) is 13.6. The average Bonchev–Trinajstić information content (AvgIpc) is 2.39. The lowest BCUT2D eigenvalue weighted by Crippen LogP contribution is -2.50. The normalized spacial score (nSPS) is 12.2. The molecule has 0 fully saturated rings. The van der Waals surface area contributed by atoms with Gasteiger partial charge in [0.15, 0.2) is 0 Å². The Morgan fingerprint density at radius 1 is 1.24 bits per heavy atom. The average molecular weight is 314 g/mol. The Kier molecular flexibility index (Phi) is 5.36. The maximum Gasteiger partial charge on any atom is 0.328 e. The van der Waals surface area contributed by atoms with E-state index in [2.05, 4.69) is 4.72 Å². The van der Waals surface area contributed by atoms with Gasteiger partial charge in [-0.3, -0.25) is 0 Å². The fraction of sp³-hybridized carbons (Fsp3) is 0.500. The van der Waals surface area contributed by atoms with Crippen LogP contribution in [0, 0.1) is 0 Å². The monoisotopic (exact) mass is 314 g/mol. The van der Waals surface area contributed by atoms with Gasteiger partial charge in [-0.15, -0.1) is 0 Å².